The normalized spacial score (nSPS) is 18.5. The van der Waals surface area contributed by atoms with E-state index in [0.717, 1.165) is 4.88 Å². The molecule has 0 bridgehead atoms. The van der Waals surface area contributed by atoms with Crippen molar-refractivity contribution in [2.24, 2.45) is 0 Å². The van der Waals surface area contributed by atoms with Crippen LogP contribution in [0.4, 0.5) is 8.78 Å². The Kier molecular flexibility index (Phi) is 4.19. The van der Waals surface area contributed by atoms with Gasteiger partial charge in [-0.2, -0.15) is 0 Å². The molecule has 0 saturated carbocycles. The number of hydrogen-bond acceptors (Lipinski definition) is 3. The molecule has 110 valence electrons. The Morgan fingerprint density at radius 1 is 1.24 bits per heavy atom. The van der Waals surface area contributed by atoms with Gasteiger partial charge >= 0.3 is 0 Å². The quantitative estimate of drug-likeness (QED) is 0.819. The zero-order chi connectivity index (χ0) is 15.0. The van der Waals surface area contributed by atoms with Gasteiger partial charge in [0.2, 0.25) is 5.91 Å². The van der Waals surface area contributed by atoms with Crippen molar-refractivity contribution in [1.82, 2.24) is 4.90 Å². The number of carbonyl (C=O) groups is 1. The standard InChI is InChI=1S/C14H10ClF2NOS2/c15-12-5-4-11(21-12)14-18(13(19)7-20-14)6-8-9(16)2-1-3-10(8)17/h1-5,14H,6-7H2. The summed E-state index contributed by atoms with van der Waals surface area (Å²) in [5.41, 5.74) is -0.0824. The first-order chi connectivity index (χ1) is 10.1. The second kappa shape index (κ2) is 5.94. The molecule has 0 radical (unpaired) electrons. The Labute approximate surface area is 133 Å². The number of benzene rings is 1. The lowest BCUT2D eigenvalue weighted by atomic mass is 10.2. The minimum atomic E-state index is -0.636. The molecule has 1 aromatic carbocycles. The maximum Gasteiger partial charge on any atom is 0.234 e. The number of rotatable bonds is 3. The third-order valence-electron chi connectivity index (χ3n) is 3.20. The zero-order valence-corrected chi connectivity index (χ0v) is 13.1. The predicted octanol–water partition coefficient (Wildman–Crippen LogP) is 4.45. The van der Waals surface area contributed by atoms with Gasteiger partial charge in [-0.1, -0.05) is 17.7 Å². The van der Waals surface area contributed by atoms with Gasteiger partial charge in [0.05, 0.1) is 16.6 Å². The highest BCUT2D eigenvalue weighted by Crippen LogP contribution is 2.43. The van der Waals surface area contributed by atoms with E-state index in [2.05, 4.69) is 0 Å². The molecule has 1 saturated heterocycles. The molecule has 0 N–H and O–H groups in total. The molecule has 1 amide bonds. The molecule has 0 spiro atoms. The molecular formula is C14H10ClF2NOS2. The molecule has 1 aliphatic rings. The summed E-state index contributed by atoms with van der Waals surface area (Å²) < 4.78 is 28.1. The summed E-state index contributed by atoms with van der Waals surface area (Å²) in [6.45, 7) is -0.0788. The topological polar surface area (TPSA) is 20.3 Å². The van der Waals surface area contributed by atoms with Gasteiger partial charge in [-0.3, -0.25) is 4.79 Å². The fourth-order valence-corrected chi connectivity index (χ4v) is 4.66. The first-order valence-electron chi connectivity index (χ1n) is 6.15. The van der Waals surface area contributed by atoms with Crippen LogP contribution in [0.2, 0.25) is 4.34 Å². The molecule has 2 nitrogen and oxygen atoms in total. The van der Waals surface area contributed by atoms with Crippen molar-refractivity contribution in [2.45, 2.75) is 11.9 Å². The first-order valence-corrected chi connectivity index (χ1v) is 8.40. The van der Waals surface area contributed by atoms with Crippen molar-refractivity contribution in [2.75, 3.05) is 5.75 Å². The van der Waals surface area contributed by atoms with Gasteiger partial charge in [0.25, 0.3) is 0 Å². The highest BCUT2D eigenvalue weighted by molar-refractivity contribution is 8.00. The van der Waals surface area contributed by atoms with Crippen molar-refractivity contribution < 1.29 is 13.6 Å². The molecule has 2 aromatic rings. The summed E-state index contributed by atoms with van der Waals surface area (Å²) in [5.74, 6) is -1.10. The largest absolute Gasteiger partial charge is 0.320 e. The summed E-state index contributed by atoms with van der Waals surface area (Å²) in [4.78, 5) is 14.4. The number of nitrogens with zero attached hydrogens (tertiary/aromatic N) is 1. The summed E-state index contributed by atoms with van der Waals surface area (Å²) in [5, 5.41) is -0.242. The van der Waals surface area contributed by atoms with Crippen molar-refractivity contribution >= 4 is 40.6 Å². The lowest BCUT2D eigenvalue weighted by molar-refractivity contribution is -0.128. The number of carbonyl (C=O) groups excluding carboxylic acids is 1. The minimum Gasteiger partial charge on any atom is -0.320 e. The maximum atomic E-state index is 13.8. The molecule has 1 aliphatic heterocycles. The molecular weight excluding hydrogens is 336 g/mol. The highest BCUT2D eigenvalue weighted by atomic mass is 35.5. The van der Waals surface area contributed by atoms with E-state index in [1.807, 2.05) is 6.07 Å². The predicted molar refractivity (Wildman–Crippen MR) is 81.4 cm³/mol. The third kappa shape index (κ3) is 2.93. The fourth-order valence-electron chi connectivity index (χ4n) is 2.18. The Morgan fingerprint density at radius 3 is 2.57 bits per heavy atom. The van der Waals surface area contributed by atoms with Crippen LogP contribution < -0.4 is 0 Å². The number of halogens is 3. The van der Waals surface area contributed by atoms with E-state index in [4.69, 9.17) is 11.6 Å². The lowest BCUT2D eigenvalue weighted by Gasteiger charge is -2.23. The Hall–Kier alpha value is -1.11. The fraction of sp³-hybridized carbons (Fsp3) is 0.214. The molecule has 1 fully saturated rings. The maximum absolute atomic E-state index is 13.8. The van der Waals surface area contributed by atoms with Crippen LogP contribution in [0.25, 0.3) is 0 Å². The summed E-state index contributed by atoms with van der Waals surface area (Å²) in [7, 11) is 0. The summed E-state index contributed by atoms with van der Waals surface area (Å²) in [6.07, 6.45) is 0. The van der Waals surface area contributed by atoms with Crippen LogP contribution in [0.5, 0.6) is 0 Å². The lowest BCUT2D eigenvalue weighted by Crippen LogP contribution is -2.28. The molecule has 1 unspecified atom stereocenters. The average Bonchev–Trinajstić information content (AvgIpc) is 3.01. The second-order valence-electron chi connectivity index (χ2n) is 4.53. The molecule has 3 rings (SSSR count). The number of thioether (sulfide) groups is 1. The molecule has 1 atom stereocenters. The van der Waals surface area contributed by atoms with Gasteiger partial charge in [0, 0.05) is 10.4 Å². The zero-order valence-electron chi connectivity index (χ0n) is 10.7. The molecule has 1 aromatic heterocycles. The molecule has 21 heavy (non-hydrogen) atoms. The van der Waals surface area contributed by atoms with Gasteiger partial charge in [-0.25, -0.2) is 8.78 Å². The first kappa shape index (κ1) is 14.8. The summed E-state index contributed by atoms with van der Waals surface area (Å²) in [6, 6.07) is 7.30. The smallest absolute Gasteiger partial charge is 0.234 e. The van der Waals surface area contributed by atoms with Crippen LogP contribution >= 0.6 is 34.7 Å². The van der Waals surface area contributed by atoms with Crippen LogP contribution in [0, 0.1) is 11.6 Å². The average molecular weight is 346 g/mol. The van der Waals surface area contributed by atoms with Crippen molar-refractivity contribution in [1.29, 1.82) is 0 Å². The van der Waals surface area contributed by atoms with Gasteiger partial charge in [0.1, 0.15) is 17.0 Å². The Balaban J connectivity index is 1.90. The van der Waals surface area contributed by atoms with Crippen molar-refractivity contribution in [3.63, 3.8) is 0 Å². The van der Waals surface area contributed by atoms with Gasteiger partial charge in [-0.05, 0) is 24.3 Å². The molecule has 2 heterocycles. The van der Waals surface area contributed by atoms with E-state index < -0.39 is 11.6 Å². The molecule has 7 heteroatoms. The van der Waals surface area contributed by atoms with Crippen molar-refractivity contribution in [3.05, 3.63) is 56.7 Å². The van der Waals surface area contributed by atoms with Crippen LogP contribution in [-0.2, 0) is 11.3 Å². The van der Waals surface area contributed by atoms with Crippen LogP contribution in [0.15, 0.2) is 30.3 Å². The Morgan fingerprint density at radius 2 is 1.95 bits per heavy atom. The number of thiophene rings is 1. The van der Waals surface area contributed by atoms with Crippen LogP contribution in [-0.4, -0.2) is 16.6 Å². The van der Waals surface area contributed by atoms with Gasteiger partial charge in [-0.15, -0.1) is 23.1 Å². The van der Waals surface area contributed by atoms with E-state index in [1.165, 1.54) is 46.2 Å². The second-order valence-corrected chi connectivity index (χ2v) is 7.34. The molecule has 0 aliphatic carbocycles. The Bertz CT molecular complexity index is 671. The van der Waals surface area contributed by atoms with Crippen LogP contribution in [0.1, 0.15) is 15.8 Å². The van der Waals surface area contributed by atoms with E-state index in [9.17, 15) is 13.6 Å². The van der Waals surface area contributed by atoms with E-state index in [0.29, 0.717) is 10.1 Å². The van der Waals surface area contributed by atoms with E-state index >= 15 is 0 Å². The van der Waals surface area contributed by atoms with E-state index in [-0.39, 0.29) is 23.4 Å². The number of amides is 1. The number of hydrogen-bond donors (Lipinski definition) is 0. The summed E-state index contributed by atoms with van der Waals surface area (Å²) >= 11 is 8.73. The monoisotopic (exact) mass is 345 g/mol. The third-order valence-corrected chi connectivity index (χ3v) is 5.87. The SMILES string of the molecule is O=C1CSC(c2ccc(Cl)s2)N1Cc1c(F)cccc1F. The van der Waals surface area contributed by atoms with E-state index in [1.54, 1.807) is 6.07 Å². The van der Waals surface area contributed by atoms with Crippen LogP contribution in [0.3, 0.4) is 0 Å². The van der Waals surface area contributed by atoms with Gasteiger partial charge in [0.15, 0.2) is 0 Å². The highest BCUT2D eigenvalue weighted by Gasteiger charge is 2.34. The minimum absolute atomic E-state index is 0.0788. The van der Waals surface area contributed by atoms with Gasteiger partial charge < -0.3 is 4.90 Å². The van der Waals surface area contributed by atoms with Crippen molar-refractivity contribution in [3.8, 4) is 0 Å².